The highest BCUT2D eigenvalue weighted by atomic mass is 32.2. The number of aromatic nitrogens is 5. The van der Waals surface area contributed by atoms with E-state index in [0.717, 1.165) is 16.6 Å². The van der Waals surface area contributed by atoms with Gasteiger partial charge in [0.05, 0.1) is 24.9 Å². The van der Waals surface area contributed by atoms with E-state index in [4.69, 9.17) is 9.72 Å². The molecule has 5 rings (SSSR count). The van der Waals surface area contributed by atoms with E-state index >= 15 is 0 Å². The molecular formula is C18H18N6O3S. The second-order valence-electron chi connectivity index (χ2n) is 6.68. The molecule has 0 amide bonds. The number of pyridine rings is 1. The fraction of sp³-hybridized carbons (Fsp3) is 0.278. The number of H-pyrrole nitrogens is 1. The minimum Gasteiger partial charge on any atom is -0.378 e. The summed E-state index contributed by atoms with van der Waals surface area (Å²) in [5.74, 6) is 1.18. The molecule has 0 spiro atoms. The van der Waals surface area contributed by atoms with Crippen LogP contribution in [0.2, 0.25) is 0 Å². The Morgan fingerprint density at radius 3 is 2.71 bits per heavy atom. The molecule has 1 aliphatic heterocycles. The van der Waals surface area contributed by atoms with Crippen molar-refractivity contribution >= 4 is 37.9 Å². The largest absolute Gasteiger partial charge is 0.378 e. The molecule has 0 saturated carbocycles. The molecule has 144 valence electrons. The van der Waals surface area contributed by atoms with Gasteiger partial charge in [-0.25, -0.2) is 27.3 Å². The normalized spacial score (nSPS) is 15.5. The fourth-order valence-corrected chi connectivity index (χ4v) is 4.27. The summed E-state index contributed by atoms with van der Waals surface area (Å²) in [6, 6.07) is 5.51. The number of rotatable bonds is 3. The van der Waals surface area contributed by atoms with Gasteiger partial charge in [0, 0.05) is 42.6 Å². The third-order valence-electron chi connectivity index (χ3n) is 4.86. The van der Waals surface area contributed by atoms with E-state index in [9.17, 15) is 8.42 Å². The Kier molecular flexibility index (Phi) is 3.84. The van der Waals surface area contributed by atoms with Gasteiger partial charge in [-0.2, -0.15) is 0 Å². The molecule has 0 aromatic carbocycles. The van der Waals surface area contributed by atoms with Crippen LogP contribution in [0.5, 0.6) is 0 Å². The number of nitrogens with zero attached hydrogens (tertiary/aromatic N) is 5. The van der Waals surface area contributed by atoms with E-state index in [-0.39, 0.29) is 0 Å². The van der Waals surface area contributed by atoms with Crippen LogP contribution in [0.25, 0.3) is 33.5 Å². The van der Waals surface area contributed by atoms with E-state index in [0.29, 0.717) is 49.0 Å². The van der Waals surface area contributed by atoms with Gasteiger partial charge in [0.2, 0.25) is 10.0 Å². The van der Waals surface area contributed by atoms with Crippen LogP contribution in [0, 0.1) is 0 Å². The maximum absolute atomic E-state index is 12.3. The Morgan fingerprint density at radius 2 is 1.93 bits per heavy atom. The van der Waals surface area contributed by atoms with Gasteiger partial charge < -0.3 is 14.6 Å². The van der Waals surface area contributed by atoms with Crippen LogP contribution in [-0.4, -0.2) is 64.9 Å². The molecule has 4 aromatic heterocycles. The third kappa shape index (κ3) is 2.72. The van der Waals surface area contributed by atoms with E-state index in [1.54, 1.807) is 12.3 Å². The molecule has 28 heavy (non-hydrogen) atoms. The maximum Gasteiger partial charge on any atom is 0.237 e. The van der Waals surface area contributed by atoms with E-state index in [2.05, 4.69) is 19.9 Å². The van der Waals surface area contributed by atoms with Gasteiger partial charge in [0.15, 0.2) is 11.5 Å². The molecule has 0 radical (unpaired) electrons. The average Bonchev–Trinajstić information content (AvgIpc) is 3.34. The highest BCUT2D eigenvalue weighted by molar-refractivity contribution is 7.89. The molecule has 9 nitrogen and oxygen atoms in total. The number of hydrogen-bond acceptors (Lipinski definition) is 7. The Bertz CT molecular complexity index is 1290. The van der Waals surface area contributed by atoms with Gasteiger partial charge in [0.25, 0.3) is 0 Å². The van der Waals surface area contributed by atoms with Crippen molar-refractivity contribution in [2.24, 2.45) is 0 Å². The number of ether oxygens (including phenoxy) is 1. The summed E-state index contributed by atoms with van der Waals surface area (Å²) in [6.07, 6.45) is 6.19. The lowest BCUT2D eigenvalue weighted by Crippen LogP contribution is -2.37. The van der Waals surface area contributed by atoms with Crippen molar-refractivity contribution in [2.75, 3.05) is 37.5 Å². The van der Waals surface area contributed by atoms with Crippen LogP contribution >= 0.6 is 0 Å². The highest BCUT2D eigenvalue weighted by Gasteiger charge is 2.22. The molecule has 0 bridgehead atoms. The number of morpholine rings is 1. The first kappa shape index (κ1) is 17.1. The predicted octanol–water partition coefficient (Wildman–Crippen LogP) is 1.62. The summed E-state index contributed by atoms with van der Waals surface area (Å²) in [5, 5.41) is 1.59. The molecule has 0 atom stereocenters. The first-order chi connectivity index (χ1) is 13.5. The topological polar surface area (TPSA) is 106 Å². The van der Waals surface area contributed by atoms with Crippen molar-refractivity contribution in [3.63, 3.8) is 0 Å². The van der Waals surface area contributed by atoms with E-state index < -0.39 is 10.0 Å². The molecule has 10 heteroatoms. The molecule has 1 N–H and O–H groups in total. The molecule has 4 aromatic rings. The van der Waals surface area contributed by atoms with Gasteiger partial charge in [-0.3, -0.25) is 0 Å². The summed E-state index contributed by atoms with van der Waals surface area (Å²) in [7, 11) is -3.50. The van der Waals surface area contributed by atoms with Gasteiger partial charge in [0.1, 0.15) is 11.5 Å². The smallest absolute Gasteiger partial charge is 0.237 e. The molecule has 0 unspecified atom stereocenters. The van der Waals surface area contributed by atoms with Crippen LogP contribution in [-0.2, 0) is 14.8 Å². The lowest BCUT2D eigenvalue weighted by Gasteiger charge is -2.28. The molecule has 1 aliphatic rings. The number of fused-ring (bicyclic) bond motifs is 2. The Labute approximate surface area is 161 Å². The number of anilines is 1. The van der Waals surface area contributed by atoms with Crippen molar-refractivity contribution in [1.29, 1.82) is 0 Å². The predicted molar refractivity (Wildman–Crippen MR) is 106 cm³/mol. The zero-order valence-electron chi connectivity index (χ0n) is 15.2. The summed E-state index contributed by atoms with van der Waals surface area (Å²) < 4.78 is 31.2. The van der Waals surface area contributed by atoms with Crippen molar-refractivity contribution < 1.29 is 13.2 Å². The molecule has 5 heterocycles. The van der Waals surface area contributed by atoms with Gasteiger partial charge in [-0.15, -0.1) is 0 Å². The first-order valence-electron chi connectivity index (χ1n) is 8.87. The Hall–Kier alpha value is -2.98. The zero-order chi connectivity index (χ0) is 19.3. The van der Waals surface area contributed by atoms with E-state index in [1.807, 2.05) is 18.3 Å². The van der Waals surface area contributed by atoms with Gasteiger partial charge in [-0.1, -0.05) is 0 Å². The summed E-state index contributed by atoms with van der Waals surface area (Å²) in [4.78, 5) is 19.0. The zero-order valence-corrected chi connectivity index (χ0v) is 16.0. The molecule has 0 aliphatic carbocycles. The Morgan fingerprint density at radius 1 is 1.11 bits per heavy atom. The van der Waals surface area contributed by atoms with Crippen LogP contribution in [0.1, 0.15) is 0 Å². The van der Waals surface area contributed by atoms with Crippen LogP contribution < -0.4 is 4.90 Å². The Balaban J connectivity index is 1.81. The minimum atomic E-state index is -3.50. The van der Waals surface area contributed by atoms with Crippen molar-refractivity contribution in [1.82, 2.24) is 23.9 Å². The van der Waals surface area contributed by atoms with Crippen molar-refractivity contribution in [3.05, 3.63) is 36.8 Å². The third-order valence-corrected chi connectivity index (χ3v) is 5.87. The molecule has 1 saturated heterocycles. The van der Waals surface area contributed by atoms with Crippen LogP contribution in [0.3, 0.4) is 0 Å². The highest BCUT2D eigenvalue weighted by Crippen LogP contribution is 2.31. The lowest BCUT2D eigenvalue weighted by molar-refractivity contribution is 0.122. The standard InChI is InChI=1S/C18H18N6O3S/c1-28(25,26)24-7-4-14-17(23-8-10-27-11-9-23)21-16(22-18(14)24)13-3-6-20-15-12(13)2-5-19-15/h2-7H,8-11H2,1H3,(H,19,20). The molecule has 1 fully saturated rings. The average molecular weight is 398 g/mol. The van der Waals surface area contributed by atoms with Crippen LogP contribution in [0.4, 0.5) is 5.82 Å². The van der Waals surface area contributed by atoms with Gasteiger partial charge >= 0.3 is 0 Å². The van der Waals surface area contributed by atoms with Crippen molar-refractivity contribution in [3.8, 4) is 11.4 Å². The summed E-state index contributed by atoms with van der Waals surface area (Å²) in [6.45, 7) is 2.58. The first-order valence-corrected chi connectivity index (χ1v) is 10.7. The second kappa shape index (κ2) is 6.28. The van der Waals surface area contributed by atoms with Crippen LogP contribution in [0.15, 0.2) is 36.8 Å². The minimum absolute atomic E-state index is 0.370. The quantitative estimate of drug-likeness (QED) is 0.559. The van der Waals surface area contributed by atoms with Gasteiger partial charge in [-0.05, 0) is 18.2 Å². The second-order valence-corrected chi connectivity index (χ2v) is 8.54. The number of aromatic amines is 1. The number of nitrogens with one attached hydrogen (secondary N) is 1. The summed E-state index contributed by atoms with van der Waals surface area (Å²) in [5.41, 5.74) is 1.89. The van der Waals surface area contributed by atoms with Crippen molar-refractivity contribution in [2.45, 2.75) is 0 Å². The van der Waals surface area contributed by atoms with E-state index in [1.165, 1.54) is 16.4 Å². The SMILES string of the molecule is CS(=O)(=O)n1ccc2c(N3CCOCC3)nc(-c3ccnc4[nH]ccc34)nc21. The fourth-order valence-electron chi connectivity index (χ4n) is 3.54. The maximum atomic E-state index is 12.3. The number of hydrogen-bond donors (Lipinski definition) is 1. The summed E-state index contributed by atoms with van der Waals surface area (Å²) >= 11 is 0. The molecular weight excluding hydrogens is 380 g/mol. The monoisotopic (exact) mass is 398 g/mol. The lowest BCUT2D eigenvalue weighted by atomic mass is 10.1.